The van der Waals surface area contributed by atoms with E-state index in [4.69, 9.17) is 0 Å². The summed E-state index contributed by atoms with van der Waals surface area (Å²) < 4.78 is 0. The molecular weight excluding hydrogens is 258 g/mol. The van der Waals surface area contributed by atoms with E-state index in [1.165, 1.54) is 0 Å². The fourth-order valence-electron chi connectivity index (χ4n) is 3.56. The van der Waals surface area contributed by atoms with Crippen molar-refractivity contribution in [2.75, 3.05) is 6.54 Å². The Labute approximate surface area is 126 Å². The first-order valence-electron chi connectivity index (χ1n) is 7.72. The Morgan fingerprint density at radius 3 is 1.90 bits per heavy atom. The summed E-state index contributed by atoms with van der Waals surface area (Å²) >= 11 is 0. The maximum absolute atomic E-state index is 11.8. The molecule has 1 unspecified atom stereocenters. The summed E-state index contributed by atoms with van der Waals surface area (Å²) in [6.07, 6.45) is 2.11. The second-order valence-electron chi connectivity index (χ2n) is 6.05. The van der Waals surface area contributed by atoms with E-state index >= 15 is 0 Å². The zero-order chi connectivity index (χ0) is 14.9. The highest BCUT2D eigenvalue weighted by atomic mass is 16.3. The van der Waals surface area contributed by atoms with E-state index in [0.29, 0.717) is 0 Å². The molecule has 21 heavy (non-hydrogen) atoms. The minimum Gasteiger partial charge on any atom is -0.379 e. The van der Waals surface area contributed by atoms with Crippen LogP contribution in [0.3, 0.4) is 0 Å². The van der Waals surface area contributed by atoms with Crippen molar-refractivity contribution >= 4 is 0 Å². The Balaban J connectivity index is 2.21. The van der Waals surface area contributed by atoms with Gasteiger partial charge in [0.1, 0.15) is 5.60 Å². The van der Waals surface area contributed by atoms with Crippen LogP contribution >= 0.6 is 0 Å². The van der Waals surface area contributed by atoms with Crippen molar-refractivity contribution in [3.8, 4) is 0 Å². The molecule has 1 aliphatic heterocycles. The predicted molar refractivity (Wildman–Crippen MR) is 86.4 cm³/mol. The maximum Gasteiger partial charge on any atom is 0.130 e. The molecule has 2 N–H and O–H groups in total. The smallest absolute Gasteiger partial charge is 0.130 e. The Kier molecular flexibility index (Phi) is 3.83. The highest BCUT2D eigenvalue weighted by Gasteiger charge is 2.42. The lowest BCUT2D eigenvalue weighted by atomic mass is 9.76. The van der Waals surface area contributed by atoms with Crippen LogP contribution in [0.15, 0.2) is 48.5 Å². The monoisotopic (exact) mass is 281 g/mol. The van der Waals surface area contributed by atoms with Crippen LogP contribution in [-0.4, -0.2) is 17.7 Å². The Morgan fingerprint density at radius 2 is 1.48 bits per heavy atom. The molecule has 1 aliphatic rings. The summed E-state index contributed by atoms with van der Waals surface area (Å²) in [4.78, 5) is 0. The predicted octanol–water partition coefficient (Wildman–Crippen LogP) is 3.29. The Bertz CT molecular complexity index is 583. The third-order valence-corrected chi connectivity index (χ3v) is 4.68. The average molecular weight is 281 g/mol. The van der Waals surface area contributed by atoms with Crippen molar-refractivity contribution in [2.24, 2.45) is 0 Å². The molecular formula is C19H23NO. The van der Waals surface area contributed by atoms with E-state index in [1.54, 1.807) is 0 Å². The zero-order valence-electron chi connectivity index (χ0n) is 12.8. The number of aliphatic hydroxyl groups is 1. The van der Waals surface area contributed by atoms with Gasteiger partial charge in [0, 0.05) is 6.04 Å². The van der Waals surface area contributed by atoms with Gasteiger partial charge in [-0.3, -0.25) is 0 Å². The van der Waals surface area contributed by atoms with Crippen molar-refractivity contribution in [3.05, 3.63) is 70.8 Å². The van der Waals surface area contributed by atoms with Crippen molar-refractivity contribution < 1.29 is 5.11 Å². The third kappa shape index (κ3) is 2.39. The van der Waals surface area contributed by atoms with Gasteiger partial charge in [0.05, 0.1) is 0 Å². The fraction of sp³-hybridized carbons (Fsp3) is 0.368. The van der Waals surface area contributed by atoms with Crippen LogP contribution in [-0.2, 0) is 5.60 Å². The first-order valence-corrected chi connectivity index (χ1v) is 7.72. The van der Waals surface area contributed by atoms with E-state index in [-0.39, 0.29) is 6.04 Å². The van der Waals surface area contributed by atoms with Crippen LogP contribution in [0.4, 0.5) is 0 Å². The van der Waals surface area contributed by atoms with Crippen LogP contribution in [0.1, 0.15) is 35.1 Å². The standard InChI is InChI=1S/C19H23NO/c1-14-8-3-5-10-16(14)19(21,18-12-7-13-20-18)17-11-6-4-9-15(17)2/h3-6,8-11,18,20-21H,7,12-13H2,1-2H3. The van der Waals surface area contributed by atoms with Crippen LogP contribution in [0.25, 0.3) is 0 Å². The molecule has 0 aliphatic carbocycles. The molecule has 2 heteroatoms. The van der Waals surface area contributed by atoms with E-state index in [9.17, 15) is 5.11 Å². The van der Waals surface area contributed by atoms with E-state index < -0.39 is 5.60 Å². The van der Waals surface area contributed by atoms with Gasteiger partial charge in [-0.1, -0.05) is 48.5 Å². The second-order valence-corrected chi connectivity index (χ2v) is 6.05. The summed E-state index contributed by atoms with van der Waals surface area (Å²) in [6, 6.07) is 16.4. The van der Waals surface area contributed by atoms with Crippen molar-refractivity contribution in [2.45, 2.75) is 38.3 Å². The molecule has 1 saturated heterocycles. The number of aryl methyl sites for hydroxylation is 2. The van der Waals surface area contributed by atoms with Gasteiger partial charge in [-0.25, -0.2) is 0 Å². The number of benzene rings is 2. The van der Waals surface area contributed by atoms with E-state index in [2.05, 4.69) is 43.4 Å². The summed E-state index contributed by atoms with van der Waals surface area (Å²) in [5, 5.41) is 15.3. The van der Waals surface area contributed by atoms with Gasteiger partial charge in [0.2, 0.25) is 0 Å². The highest BCUT2D eigenvalue weighted by Crippen LogP contribution is 2.39. The normalized spacial score (nSPS) is 18.9. The van der Waals surface area contributed by atoms with Crippen LogP contribution < -0.4 is 5.32 Å². The minimum absolute atomic E-state index is 0.0692. The Morgan fingerprint density at radius 1 is 0.952 bits per heavy atom. The summed E-state index contributed by atoms with van der Waals surface area (Å²) in [5.74, 6) is 0. The fourth-order valence-corrected chi connectivity index (χ4v) is 3.56. The van der Waals surface area contributed by atoms with Crippen molar-refractivity contribution in [1.29, 1.82) is 0 Å². The molecule has 1 atom stereocenters. The van der Waals surface area contributed by atoms with Gasteiger partial charge in [-0.05, 0) is 55.5 Å². The molecule has 2 aromatic carbocycles. The summed E-state index contributed by atoms with van der Waals surface area (Å²) in [6.45, 7) is 5.13. The van der Waals surface area contributed by atoms with Crippen molar-refractivity contribution in [1.82, 2.24) is 5.32 Å². The largest absolute Gasteiger partial charge is 0.379 e. The molecule has 0 spiro atoms. The molecule has 110 valence electrons. The van der Waals surface area contributed by atoms with Crippen LogP contribution in [0, 0.1) is 13.8 Å². The van der Waals surface area contributed by atoms with Gasteiger partial charge >= 0.3 is 0 Å². The van der Waals surface area contributed by atoms with E-state index in [1.807, 2.05) is 24.3 Å². The van der Waals surface area contributed by atoms with Gasteiger partial charge < -0.3 is 10.4 Å². The van der Waals surface area contributed by atoms with E-state index in [0.717, 1.165) is 41.6 Å². The molecule has 0 saturated carbocycles. The molecule has 1 heterocycles. The molecule has 0 aromatic heterocycles. The zero-order valence-corrected chi connectivity index (χ0v) is 12.8. The number of rotatable bonds is 3. The maximum atomic E-state index is 11.8. The van der Waals surface area contributed by atoms with Crippen molar-refractivity contribution in [3.63, 3.8) is 0 Å². The lowest BCUT2D eigenvalue weighted by Crippen LogP contribution is -2.47. The molecule has 0 amide bonds. The molecule has 0 bridgehead atoms. The molecule has 1 fully saturated rings. The SMILES string of the molecule is Cc1ccccc1C(O)(c1ccccc1C)C1CCCN1. The van der Waals surface area contributed by atoms with Gasteiger partial charge in [0.15, 0.2) is 0 Å². The first kappa shape index (κ1) is 14.3. The summed E-state index contributed by atoms with van der Waals surface area (Å²) in [5.41, 5.74) is 3.33. The second kappa shape index (κ2) is 5.63. The summed E-state index contributed by atoms with van der Waals surface area (Å²) in [7, 11) is 0. The Hall–Kier alpha value is -1.64. The average Bonchev–Trinajstić information content (AvgIpc) is 3.02. The minimum atomic E-state index is -0.965. The van der Waals surface area contributed by atoms with Gasteiger partial charge in [-0.2, -0.15) is 0 Å². The van der Waals surface area contributed by atoms with Gasteiger partial charge in [-0.15, -0.1) is 0 Å². The number of nitrogens with one attached hydrogen (secondary N) is 1. The third-order valence-electron chi connectivity index (χ3n) is 4.68. The highest BCUT2D eigenvalue weighted by molar-refractivity contribution is 5.45. The number of hydrogen-bond acceptors (Lipinski definition) is 2. The molecule has 3 rings (SSSR count). The van der Waals surface area contributed by atoms with Crippen LogP contribution in [0.5, 0.6) is 0 Å². The van der Waals surface area contributed by atoms with Gasteiger partial charge in [0.25, 0.3) is 0 Å². The first-order chi connectivity index (χ1) is 10.1. The van der Waals surface area contributed by atoms with Crippen LogP contribution in [0.2, 0.25) is 0 Å². The quantitative estimate of drug-likeness (QED) is 0.905. The lowest BCUT2D eigenvalue weighted by molar-refractivity contribution is 0.0430. The topological polar surface area (TPSA) is 32.3 Å². The molecule has 2 aromatic rings. The lowest BCUT2D eigenvalue weighted by Gasteiger charge is -2.37. The number of hydrogen-bond donors (Lipinski definition) is 2. The molecule has 2 nitrogen and oxygen atoms in total. The molecule has 0 radical (unpaired) electrons.